The smallest absolute Gasteiger partial charge is 0.125 e. The summed E-state index contributed by atoms with van der Waals surface area (Å²) in [4.78, 5) is 11.4. The van der Waals surface area contributed by atoms with Crippen LogP contribution in [-0.4, -0.2) is 27.5 Å². The van der Waals surface area contributed by atoms with Crippen molar-refractivity contribution in [3.63, 3.8) is 0 Å². The topological polar surface area (TPSA) is 38.2 Å². The van der Waals surface area contributed by atoms with Gasteiger partial charge >= 0.3 is 0 Å². The Kier molecular flexibility index (Phi) is 5.95. The molecule has 0 radical (unpaired) electrons. The third-order valence-electron chi connectivity index (χ3n) is 6.07. The van der Waals surface area contributed by atoms with Gasteiger partial charge in [-0.15, -0.1) is 0 Å². The van der Waals surface area contributed by atoms with Gasteiger partial charge in [-0.2, -0.15) is 0 Å². The Labute approximate surface area is 189 Å². The fraction of sp³-hybridized carbons (Fsp3) is 0.214. The molecule has 0 saturated carbocycles. The highest BCUT2D eigenvalue weighted by Crippen LogP contribution is 2.35. The molecular formula is C28H27N3O. The maximum atomic E-state index is 6.30. The Hall–Kier alpha value is -3.50. The number of aryl methyl sites for hydroxylation is 1. The van der Waals surface area contributed by atoms with E-state index in [0.29, 0.717) is 6.61 Å². The lowest BCUT2D eigenvalue weighted by Crippen LogP contribution is -2.42. The molecule has 1 aliphatic heterocycles. The van der Waals surface area contributed by atoms with Gasteiger partial charge in [0.2, 0.25) is 0 Å². The standard InChI is InChI=1S/C28H27N3O/c1-21-29-16-24(17-30-21)26-13-8-14-28-27(26)15-25(20-32-28)31(18-22-9-4-2-5-10-22)19-23-11-6-3-7-12-23/h2-14,16-17,25H,15,18-20H2,1H3. The molecule has 1 unspecified atom stereocenters. The summed E-state index contributed by atoms with van der Waals surface area (Å²) in [6.45, 7) is 4.36. The number of hydrogen-bond donors (Lipinski definition) is 0. The Morgan fingerprint density at radius 1 is 0.812 bits per heavy atom. The Morgan fingerprint density at radius 2 is 1.44 bits per heavy atom. The summed E-state index contributed by atoms with van der Waals surface area (Å²) >= 11 is 0. The highest BCUT2D eigenvalue weighted by atomic mass is 16.5. The maximum absolute atomic E-state index is 6.30. The number of rotatable bonds is 6. The van der Waals surface area contributed by atoms with Gasteiger partial charge in [0.25, 0.3) is 0 Å². The van der Waals surface area contributed by atoms with Gasteiger partial charge in [-0.3, -0.25) is 4.90 Å². The molecule has 4 aromatic rings. The van der Waals surface area contributed by atoms with Crippen LogP contribution in [0.5, 0.6) is 5.75 Å². The predicted octanol–water partition coefficient (Wildman–Crippen LogP) is 5.46. The molecule has 0 aliphatic carbocycles. The number of aromatic nitrogens is 2. The zero-order chi connectivity index (χ0) is 21.8. The average molecular weight is 422 g/mol. The Balaban J connectivity index is 1.46. The molecule has 1 aliphatic rings. The van der Waals surface area contributed by atoms with E-state index < -0.39 is 0 Å². The third kappa shape index (κ3) is 4.56. The molecule has 5 rings (SSSR count). The van der Waals surface area contributed by atoms with Crippen molar-refractivity contribution in [2.45, 2.75) is 32.5 Å². The van der Waals surface area contributed by atoms with Crippen LogP contribution in [0.15, 0.2) is 91.3 Å². The lowest BCUT2D eigenvalue weighted by Gasteiger charge is -2.36. The minimum Gasteiger partial charge on any atom is -0.492 e. The monoisotopic (exact) mass is 421 g/mol. The van der Waals surface area contributed by atoms with Crippen LogP contribution in [0.3, 0.4) is 0 Å². The molecule has 160 valence electrons. The zero-order valence-corrected chi connectivity index (χ0v) is 18.3. The average Bonchev–Trinajstić information content (AvgIpc) is 2.85. The summed E-state index contributed by atoms with van der Waals surface area (Å²) in [5, 5.41) is 0. The van der Waals surface area contributed by atoms with Crippen LogP contribution in [-0.2, 0) is 19.5 Å². The first kappa shape index (κ1) is 20.4. The molecular weight excluding hydrogens is 394 g/mol. The Morgan fingerprint density at radius 3 is 2.06 bits per heavy atom. The number of hydrogen-bond acceptors (Lipinski definition) is 4. The lowest BCUT2D eigenvalue weighted by molar-refractivity contribution is 0.106. The van der Waals surface area contributed by atoms with E-state index in [4.69, 9.17) is 4.74 Å². The van der Waals surface area contributed by atoms with E-state index in [-0.39, 0.29) is 6.04 Å². The second kappa shape index (κ2) is 9.33. The summed E-state index contributed by atoms with van der Waals surface area (Å²) in [5.74, 6) is 1.75. The molecule has 2 heterocycles. The van der Waals surface area contributed by atoms with E-state index in [9.17, 15) is 0 Å². The summed E-state index contributed by atoms with van der Waals surface area (Å²) in [6, 6.07) is 27.9. The molecule has 4 heteroatoms. The van der Waals surface area contributed by atoms with Gasteiger partial charge in [0.15, 0.2) is 0 Å². The molecule has 0 saturated heterocycles. The van der Waals surface area contributed by atoms with E-state index in [1.807, 2.05) is 19.3 Å². The van der Waals surface area contributed by atoms with Crippen LogP contribution < -0.4 is 4.74 Å². The van der Waals surface area contributed by atoms with Crippen LogP contribution in [0.25, 0.3) is 11.1 Å². The second-order valence-electron chi connectivity index (χ2n) is 8.35. The van der Waals surface area contributed by atoms with Crippen LogP contribution in [0.1, 0.15) is 22.5 Å². The van der Waals surface area contributed by atoms with Crippen molar-refractivity contribution in [1.29, 1.82) is 0 Å². The summed E-state index contributed by atoms with van der Waals surface area (Å²) in [5.41, 5.74) is 6.06. The van der Waals surface area contributed by atoms with Crippen molar-refractivity contribution in [1.82, 2.24) is 14.9 Å². The first-order valence-electron chi connectivity index (χ1n) is 11.1. The van der Waals surface area contributed by atoms with Crippen LogP contribution in [0, 0.1) is 6.92 Å². The van der Waals surface area contributed by atoms with E-state index in [2.05, 4.69) is 93.7 Å². The first-order valence-corrected chi connectivity index (χ1v) is 11.1. The minimum atomic E-state index is 0.274. The van der Waals surface area contributed by atoms with Gasteiger partial charge in [-0.25, -0.2) is 9.97 Å². The molecule has 4 nitrogen and oxygen atoms in total. The molecule has 0 fully saturated rings. The van der Waals surface area contributed by atoms with Gasteiger partial charge in [0.1, 0.15) is 18.2 Å². The summed E-state index contributed by atoms with van der Waals surface area (Å²) < 4.78 is 6.30. The predicted molar refractivity (Wildman–Crippen MR) is 127 cm³/mol. The minimum absolute atomic E-state index is 0.274. The van der Waals surface area contributed by atoms with Crippen LogP contribution in [0.2, 0.25) is 0 Å². The molecule has 0 N–H and O–H groups in total. The normalized spacial score (nSPS) is 15.2. The van der Waals surface area contributed by atoms with Crippen LogP contribution >= 0.6 is 0 Å². The number of benzene rings is 3. The molecule has 0 amide bonds. The van der Waals surface area contributed by atoms with E-state index >= 15 is 0 Å². The van der Waals surface area contributed by atoms with Gasteiger partial charge in [-0.1, -0.05) is 72.8 Å². The fourth-order valence-corrected chi connectivity index (χ4v) is 4.38. The third-order valence-corrected chi connectivity index (χ3v) is 6.07. The second-order valence-corrected chi connectivity index (χ2v) is 8.35. The van der Waals surface area contributed by atoms with Gasteiger partial charge < -0.3 is 4.74 Å². The van der Waals surface area contributed by atoms with Crippen LogP contribution in [0.4, 0.5) is 0 Å². The van der Waals surface area contributed by atoms with Gasteiger partial charge in [0.05, 0.1) is 0 Å². The maximum Gasteiger partial charge on any atom is 0.125 e. The highest BCUT2D eigenvalue weighted by Gasteiger charge is 2.28. The van der Waals surface area contributed by atoms with Crippen molar-refractivity contribution < 1.29 is 4.74 Å². The lowest BCUT2D eigenvalue weighted by atomic mass is 9.93. The molecule has 0 bridgehead atoms. The van der Waals surface area contributed by atoms with Crippen molar-refractivity contribution >= 4 is 0 Å². The molecule has 0 spiro atoms. The van der Waals surface area contributed by atoms with Gasteiger partial charge in [0, 0.05) is 42.7 Å². The fourth-order valence-electron chi connectivity index (χ4n) is 4.38. The number of ether oxygens (including phenoxy) is 1. The number of nitrogens with zero attached hydrogens (tertiary/aromatic N) is 3. The van der Waals surface area contributed by atoms with Gasteiger partial charge in [-0.05, 0) is 36.1 Å². The van der Waals surface area contributed by atoms with E-state index in [1.165, 1.54) is 16.7 Å². The summed E-state index contributed by atoms with van der Waals surface area (Å²) in [7, 11) is 0. The molecule has 1 aromatic heterocycles. The van der Waals surface area contributed by atoms with Crippen molar-refractivity contribution in [3.05, 3.63) is 114 Å². The Bertz CT molecular complexity index is 1120. The molecule has 32 heavy (non-hydrogen) atoms. The van der Waals surface area contributed by atoms with Crippen molar-refractivity contribution in [3.8, 4) is 16.9 Å². The highest BCUT2D eigenvalue weighted by molar-refractivity contribution is 5.69. The quantitative estimate of drug-likeness (QED) is 0.414. The molecule has 1 atom stereocenters. The zero-order valence-electron chi connectivity index (χ0n) is 18.3. The number of fused-ring (bicyclic) bond motifs is 1. The molecule has 3 aromatic carbocycles. The van der Waals surface area contributed by atoms with Crippen molar-refractivity contribution in [2.75, 3.05) is 6.61 Å². The first-order chi connectivity index (χ1) is 15.8. The van der Waals surface area contributed by atoms with E-state index in [0.717, 1.165) is 42.2 Å². The summed E-state index contributed by atoms with van der Waals surface area (Å²) in [6.07, 6.45) is 4.75. The van der Waals surface area contributed by atoms with Crippen molar-refractivity contribution in [2.24, 2.45) is 0 Å². The van der Waals surface area contributed by atoms with E-state index in [1.54, 1.807) is 0 Å². The SMILES string of the molecule is Cc1ncc(-c2cccc3c2CC(N(Cc2ccccc2)Cc2ccccc2)CO3)cn1. The largest absolute Gasteiger partial charge is 0.492 e.